The Labute approximate surface area is 148 Å². The van der Waals surface area contributed by atoms with E-state index in [1.165, 1.54) is 23.9 Å². The summed E-state index contributed by atoms with van der Waals surface area (Å²) >= 11 is 3.44. The Kier molecular flexibility index (Phi) is 6.49. The molecule has 0 unspecified atom stereocenters. The van der Waals surface area contributed by atoms with Crippen molar-refractivity contribution >= 4 is 28.1 Å². The molecule has 1 N–H and O–H groups in total. The summed E-state index contributed by atoms with van der Waals surface area (Å²) in [7, 11) is 0. The van der Waals surface area contributed by atoms with Crippen molar-refractivity contribution in [3.05, 3.63) is 63.9 Å². The monoisotopic (exact) mass is 392 g/mol. The van der Waals surface area contributed by atoms with Gasteiger partial charge in [-0.25, -0.2) is 9.82 Å². The number of benzene rings is 2. The molecule has 2 aromatic carbocycles. The summed E-state index contributed by atoms with van der Waals surface area (Å²) in [6, 6.07) is 11.5. The Bertz CT molecular complexity index is 730. The van der Waals surface area contributed by atoms with Crippen molar-refractivity contribution in [2.75, 3.05) is 6.61 Å². The molecule has 0 aromatic heterocycles. The molecule has 0 fully saturated rings. The molecule has 0 aliphatic carbocycles. The van der Waals surface area contributed by atoms with Crippen LogP contribution in [0.15, 0.2) is 52.0 Å². The molecule has 0 aliphatic rings. The van der Waals surface area contributed by atoms with Crippen molar-refractivity contribution < 1.29 is 13.9 Å². The van der Waals surface area contributed by atoms with Crippen LogP contribution in [0.5, 0.6) is 5.75 Å². The van der Waals surface area contributed by atoms with Gasteiger partial charge in [0.2, 0.25) is 0 Å². The lowest BCUT2D eigenvalue weighted by molar-refractivity contribution is -0.123. The molecule has 126 valence electrons. The number of carbonyl (C=O) groups is 1. The first-order chi connectivity index (χ1) is 11.5. The Morgan fingerprint density at radius 2 is 2.00 bits per heavy atom. The maximum Gasteiger partial charge on any atom is 0.277 e. The summed E-state index contributed by atoms with van der Waals surface area (Å²) in [5.41, 5.74) is 4.23. The van der Waals surface area contributed by atoms with Crippen LogP contribution in [0.1, 0.15) is 30.9 Å². The van der Waals surface area contributed by atoms with Gasteiger partial charge >= 0.3 is 0 Å². The first kappa shape index (κ1) is 18.1. The quantitative estimate of drug-likeness (QED) is 0.590. The van der Waals surface area contributed by atoms with Crippen LogP contribution in [0.4, 0.5) is 4.39 Å². The highest BCUT2D eigenvalue weighted by atomic mass is 79.9. The van der Waals surface area contributed by atoms with Crippen LogP contribution >= 0.6 is 15.9 Å². The van der Waals surface area contributed by atoms with Gasteiger partial charge in [-0.2, -0.15) is 5.10 Å². The van der Waals surface area contributed by atoms with Gasteiger partial charge in [0.15, 0.2) is 6.61 Å². The topological polar surface area (TPSA) is 50.7 Å². The van der Waals surface area contributed by atoms with E-state index in [4.69, 9.17) is 4.74 Å². The third-order valence-electron chi connectivity index (χ3n) is 3.25. The van der Waals surface area contributed by atoms with Gasteiger partial charge < -0.3 is 4.74 Å². The first-order valence-electron chi connectivity index (χ1n) is 7.45. The highest BCUT2D eigenvalue weighted by Gasteiger charge is 2.07. The number of nitrogens with one attached hydrogen (secondary N) is 1. The van der Waals surface area contributed by atoms with E-state index >= 15 is 0 Å². The molecule has 4 nitrogen and oxygen atoms in total. The fourth-order valence-corrected chi connectivity index (χ4v) is 2.41. The highest BCUT2D eigenvalue weighted by molar-refractivity contribution is 9.10. The third kappa shape index (κ3) is 5.45. The van der Waals surface area contributed by atoms with Crippen LogP contribution in [0.25, 0.3) is 0 Å². The lowest BCUT2D eigenvalue weighted by atomic mass is 10.0. The molecule has 0 bridgehead atoms. The fourth-order valence-electron chi connectivity index (χ4n) is 1.90. The van der Waals surface area contributed by atoms with Gasteiger partial charge in [-0.05, 0) is 57.2 Å². The maximum absolute atomic E-state index is 12.8. The minimum atomic E-state index is -0.381. The predicted octanol–water partition coefficient (Wildman–Crippen LogP) is 4.24. The predicted molar refractivity (Wildman–Crippen MR) is 95.9 cm³/mol. The maximum atomic E-state index is 12.8. The number of halogens is 2. The minimum absolute atomic E-state index is 0.152. The second-order valence-corrected chi connectivity index (χ2v) is 6.33. The Hall–Kier alpha value is -2.21. The minimum Gasteiger partial charge on any atom is -0.483 e. The van der Waals surface area contributed by atoms with E-state index in [0.29, 0.717) is 17.2 Å². The van der Waals surface area contributed by atoms with Crippen molar-refractivity contribution in [2.24, 2.45) is 5.10 Å². The lowest BCUT2D eigenvalue weighted by Crippen LogP contribution is -2.24. The van der Waals surface area contributed by atoms with Crippen LogP contribution in [0.3, 0.4) is 0 Å². The molecule has 0 saturated heterocycles. The van der Waals surface area contributed by atoms with Crippen LogP contribution in [-0.4, -0.2) is 18.7 Å². The summed E-state index contributed by atoms with van der Waals surface area (Å²) in [5.74, 6) is 0.309. The molecular formula is C18H18BrFN2O2. The van der Waals surface area contributed by atoms with Crippen LogP contribution in [0.2, 0.25) is 0 Å². The van der Waals surface area contributed by atoms with E-state index < -0.39 is 0 Å². The van der Waals surface area contributed by atoms with Crippen LogP contribution in [-0.2, 0) is 4.79 Å². The van der Waals surface area contributed by atoms with Crippen molar-refractivity contribution in [3.63, 3.8) is 0 Å². The molecule has 0 aliphatic heterocycles. The smallest absolute Gasteiger partial charge is 0.277 e. The zero-order chi connectivity index (χ0) is 17.5. The van der Waals surface area contributed by atoms with Gasteiger partial charge in [-0.15, -0.1) is 0 Å². The van der Waals surface area contributed by atoms with Crippen molar-refractivity contribution in [1.29, 1.82) is 0 Å². The first-order valence-corrected chi connectivity index (χ1v) is 8.24. The van der Waals surface area contributed by atoms with E-state index in [0.717, 1.165) is 4.47 Å². The molecule has 0 spiro atoms. The molecular weight excluding hydrogens is 375 g/mol. The average Bonchev–Trinajstić information content (AvgIpc) is 2.55. The molecule has 0 heterocycles. The van der Waals surface area contributed by atoms with E-state index in [2.05, 4.69) is 40.3 Å². The summed E-state index contributed by atoms with van der Waals surface area (Å²) < 4.78 is 19.0. The van der Waals surface area contributed by atoms with E-state index in [9.17, 15) is 9.18 Å². The third-order valence-corrected chi connectivity index (χ3v) is 3.87. The molecule has 1 amide bonds. The number of ether oxygens (including phenoxy) is 1. The van der Waals surface area contributed by atoms with Crippen molar-refractivity contribution in [1.82, 2.24) is 5.43 Å². The number of hydrogen-bond donors (Lipinski definition) is 1. The zero-order valence-electron chi connectivity index (χ0n) is 13.4. The second-order valence-electron chi connectivity index (χ2n) is 5.48. The van der Waals surface area contributed by atoms with Crippen molar-refractivity contribution in [2.45, 2.75) is 19.8 Å². The second kappa shape index (κ2) is 8.59. The van der Waals surface area contributed by atoms with Gasteiger partial charge in [0.1, 0.15) is 11.6 Å². The number of nitrogens with zero attached hydrogens (tertiary/aromatic N) is 1. The average molecular weight is 393 g/mol. The van der Waals surface area contributed by atoms with Crippen molar-refractivity contribution in [3.8, 4) is 5.75 Å². The molecule has 0 saturated carbocycles. The van der Waals surface area contributed by atoms with Gasteiger partial charge in [-0.1, -0.05) is 32.0 Å². The van der Waals surface area contributed by atoms with Crippen LogP contribution in [0, 0.1) is 5.82 Å². The number of amides is 1. The van der Waals surface area contributed by atoms with Gasteiger partial charge in [0, 0.05) is 0 Å². The summed E-state index contributed by atoms with van der Waals surface area (Å²) in [6.07, 6.45) is 1.44. The highest BCUT2D eigenvalue weighted by Crippen LogP contribution is 2.28. The zero-order valence-corrected chi connectivity index (χ0v) is 15.0. The van der Waals surface area contributed by atoms with Gasteiger partial charge in [0.25, 0.3) is 5.91 Å². The Morgan fingerprint density at radius 3 is 2.62 bits per heavy atom. The summed E-state index contributed by atoms with van der Waals surface area (Å²) in [5, 5.41) is 3.80. The van der Waals surface area contributed by atoms with Gasteiger partial charge in [0.05, 0.1) is 10.7 Å². The Morgan fingerprint density at radius 1 is 1.29 bits per heavy atom. The van der Waals surface area contributed by atoms with Gasteiger partial charge in [-0.3, -0.25) is 4.79 Å². The van der Waals surface area contributed by atoms with E-state index in [1.54, 1.807) is 12.1 Å². The molecule has 24 heavy (non-hydrogen) atoms. The number of hydrogen-bond acceptors (Lipinski definition) is 3. The number of rotatable bonds is 6. The molecule has 2 aromatic rings. The largest absolute Gasteiger partial charge is 0.483 e. The SMILES string of the molecule is CC(C)c1ccc(OCC(=O)NN=Cc2ccc(F)cc2)c(Br)c1. The Balaban J connectivity index is 1.84. The molecule has 0 radical (unpaired) electrons. The number of hydrazone groups is 1. The lowest BCUT2D eigenvalue weighted by Gasteiger charge is -2.10. The molecule has 6 heteroatoms. The fraction of sp³-hybridized carbons (Fsp3) is 0.222. The summed E-state index contributed by atoms with van der Waals surface area (Å²) in [6.45, 7) is 4.06. The molecule has 0 atom stereocenters. The number of carbonyl (C=O) groups excluding carboxylic acids is 1. The van der Waals surface area contributed by atoms with E-state index in [1.807, 2.05) is 18.2 Å². The molecule has 2 rings (SSSR count). The summed E-state index contributed by atoms with van der Waals surface area (Å²) in [4.78, 5) is 11.7. The van der Waals surface area contributed by atoms with Crippen LogP contribution < -0.4 is 10.2 Å². The standard InChI is InChI=1S/C18H18BrFN2O2/c1-12(2)14-5-8-17(16(19)9-14)24-11-18(23)22-21-10-13-3-6-15(20)7-4-13/h3-10,12H,11H2,1-2H3,(H,22,23). The van der Waals surface area contributed by atoms with E-state index in [-0.39, 0.29) is 18.3 Å². The normalized spacial score (nSPS) is 11.0.